The van der Waals surface area contributed by atoms with Gasteiger partial charge in [-0.25, -0.2) is 0 Å². The van der Waals surface area contributed by atoms with Gasteiger partial charge in [0.15, 0.2) is 0 Å². The quantitative estimate of drug-likeness (QED) is 0.178. The molecule has 4 nitrogen and oxygen atoms in total. The number of allylic oxidation sites excluding steroid dienone is 5. The number of hydrogen-bond acceptors (Lipinski definition) is 4. The van der Waals surface area contributed by atoms with Crippen LogP contribution in [0.5, 0.6) is 0 Å². The summed E-state index contributed by atoms with van der Waals surface area (Å²) in [5.41, 5.74) is 20.9. The fourth-order valence-corrected chi connectivity index (χ4v) is 9.87. The van der Waals surface area contributed by atoms with Gasteiger partial charge in [0.2, 0.25) is 0 Å². The first kappa shape index (κ1) is 32.9. The third-order valence-electron chi connectivity index (χ3n) is 12.4. The largest absolute Gasteiger partial charge is 0.363 e. The second-order valence-electron chi connectivity index (χ2n) is 15.5. The Balaban J connectivity index is 1.15. The second kappa shape index (κ2) is 13.3. The number of fused-ring (bicyclic) bond motifs is 4. The van der Waals surface area contributed by atoms with Gasteiger partial charge < -0.3 is 10.2 Å². The van der Waals surface area contributed by atoms with Crippen molar-refractivity contribution in [3.05, 3.63) is 179 Å². The molecule has 6 aromatic rings. The Kier molecular flexibility index (Phi) is 7.84. The Morgan fingerprint density at radius 3 is 2.46 bits per heavy atom. The summed E-state index contributed by atoms with van der Waals surface area (Å²) in [7, 11) is 0. The summed E-state index contributed by atoms with van der Waals surface area (Å²) in [6.45, 7) is 3.00. The van der Waals surface area contributed by atoms with Crippen molar-refractivity contribution < 1.29 is 0 Å². The van der Waals surface area contributed by atoms with E-state index in [9.17, 15) is 0 Å². The number of rotatable bonds is 7. The van der Waals surface area contributed by atoms with Gasteiger partial charge in [0.1, 0.15) is 6.17 Å². The highest BCUT2D eigenvalue weighted by molar-refractivity contribution is 6.12. The van der Waals surface area contributed by atoms with Gasteiger partial charge in [0, 0.05) is 30.2 Å². The summed E-state index contributed by atoms with van der Waals surface area (Å²) in [4.78, 5) is 11.3. The molecule has 56 heavy (non-hydrogen) atoms. The van der Waals surface area contributed by atoms with Crippen molar-refractivity contribution in [1.29, 1.82) is 0 Å². The number of para-hydroxylation sites is 2. The van der Waals surface area contributed by atoms with Crippen molar-refractivity contribution in [2.45, 2.75) is 44.7 Å². The molecule has 3 aliphatic carbocycles. The predicted molar refractivity (Wildman–Crippen MR) is 235 cm³/mol. The first-order chi connectivity index (χ1) is 27.7. The van der Waals surface area contributed by atoms with Crippen LogP contribution in [-0.2, 0) is 0 Å². The summed E-state index contributed by atoms with van der Waals surface area (Å²) in [5, 5.41) is 6.55. The Labute approximate surface area is 328 Å². The first-order valence-electron chi connectivity index (χ1n) is 20.1. The summed E-state index contributed by atoms with van der Waals surface area (Å²) in [5.74, 6) is 0.187. The molecule has 0 spiro atoms. The van der Waals surface area contributed by atoms with E-state index >= 15 is 0 Å². The third kappa shape index (κ3) is 5.27. The molecular weight excluding hydrogens is 681 g/mol. The zero-order chi connectivity index (χ0) is 37.2. The monoisotopic (exact) mass is 722 g/mol. The molecule has 1 aromatic heterocycles. The van der Waals surface area contributed by atoms with Crippen molar-refractivity contribution in [3.8, 4) is 33.4 Å². The summed E-state index contributed by atoms with van der Waals surface area (Å²) in [6.07, 6.45) is 21.8. The minimum atomic E-state index is 0.187. The molecule has 0 saturated heterocycles. The van der Waals surface area contributed by atoms with E-state index in [-0.39, 0.29) is 12.1 Å². The molecule has 4 heteroatoms. The number of anilines is 3. The van der Waals surface area contributed by atoms with Gasteiger partial charge in [0.05, 0.1) is 17.9 Å². The zero-order valence-corrected chi connectivity index (χ0v) is 31.5. The van der Waals surface area contributed by atoms with E-state index < -0.39 is 0 Å². The number of benzene rings is 5. The van der Waals surface area contributed by atoms with Crippen LogP contribution in [0.15, 0.2) is 151 Å². The normalized spacial score (nSPS) is 18.5. The zero-order valence-electron chi connectivity index (χ0n) is 31.5. The van der Waals surface area contributed by atoms with Crippen LogP contribution in [0.1, 0.15) is 60.8 Å². The molecule has 2 unspecified atom stereocenters. The molecule has 5 aliphatic rings. The molecule has 11 rings (SSSR count). The van der Waals surface area contributed by atoms with Crippen molar-refractivity contribution in [2.75, 3.05) is 16.8 Å². The van der Waals surface area contributed by atoms with Gasteiger partial charge in [0.25, 0.3) is 0 Å². The molecule has 0 amide bonds. The summed E-state index contributed by atoms with van der Waals surface area (Å²) >= 11 is 0. The number of nitrogens with one attached hydrogen (secondary N) is 1. The Hall–Kier alpha value is -6.52. The van der Waals surface area contributed by atoms with Gasteiger partial charge in [-0.3, -0.25) is 9.98 Å². The highest BCUT2D eigenvalue weighted by atomic mass is 15.3. The molecule has 5 aromatic carbocycles. The maximum Gasteiger partial charge on any atom is 0.104 e. The van der Waals surface area contributed by atoms with Crippen LogP contribution >= 0.6 is 0 Å². The molecular formula is C52H42N4. The highest BCUT2D eigenvalue weighted by Gasteiger charge is 2.34. The number of nitrogens with zero attached hydrogens (tertiary/aromatic N) is 3. The van der Waals surface area contributed by atoms with Crippen LogP contribution in [-0.4, -0.2) is 23.9 Å². The number of hydrogen-bond donors (Lipinski definition) is 1. The van der Waals surface area contributed by atoms with Crippen LogP contribution < -0.4 is 20.7 Å². The van der Waals surface area contributed by atoms with E-state index in [1.807, 2.05) is 18.6 Å². The molecule has 1 N–H and O–H groups in total. The number of aliphatic imine (C=N–C) groups is 1. The van der Waals surface area contributed by atoms with Gasteiger partial charge in [-0.05, 0) is 157 Å². The predicted octanol–water partition coefficient (Wildman–Crippen LogP) is 11.1. The smallest absolute Gasteiger partial charge is 0.104 e. The van der Waals surface area contributed by atoms with Crippen molar-refractivity contribution >= 4 is 46.1 Å². The van der Waals surface area contributed by atoms with Crippen LogP contribution in [0, 0.1) is 0 Å². The lowest BCUT2D eigenvalue weighted by atomic mass is 9.76. The van der Waals surface area contributed by atoms with Crippen LogP contribution in [0.25, 0.3) is 56.2 Å². The van der Waals surface area contributed by atoms with Crippen LogP contribution in [0.3, 0.4) is 0 Å². The van der Waals surface area contributed by atoms with Crippen molar-refractivity contribution in [3.63, 3.8) is 0 Å². The third-order valence-corrected chi connectivity index (χ3v) is 12.4. The molecule has 3 heterocycles. The van der Waals surface area contributed by atoms with Crippen molar-refractivity contribution in [2.24, 2.45) is 4.99 Å². The molecule has 0 radical (unpaired) electrons. The average molecular weight is 723 g/mol. The van der Waals surface area contributed by atoms with E-state index in [0.717, 1.165) is 32.2 Å². The fraction of sp³-hybridized carbons (Fsp3) is 0.154. The first-order valence-corrected chi connectivity index (χ1v) is 20.1. The lowest BCUT2D eigenvalue weighted by Crippen LogP contribution is -2.30. The SMILES string of the molecule is CCC1Nc2ccccc2N1c1ccc(-c2cc(-c3cccc(C4=CCN=C4)c3)c3c(c2C2C=CC=C(c4ccncc4)C2)-c2cccc4c2=C3CCC=4)cc1. The Bertz CT molecular complexity index is 2820. The van der Waals surface area contributed by atoms with E-state index in [1.165, 1.54) is 99.9 Å². The fourth-order valence-electron chi connectivity index (χ4n) is 9.87. The van der Waals surface area contributed by atoms with E-state index in [1.54, 1.807) is 0 Å². The lowest BCUT2D eigenvalue weighted by Gasteiger charge is -2.29. The molecule has 0 fully saturated rings. The Morgan fingerprint density at radius 1 is 0.750 bits per heavy atom. The minimum Gasteiger partial charge on any atom is -0.363 e. The highest BCUT2D eigenvalue weighted by Crippen LogP contribution is 2.52. The average Bonchev–Trinajstić information content (AvgIpc) is 4.02. The minimum absolute atomic E-state index is 0.187. The summed E-state index contributed by atoms with van der Waals surface area (Å²) in [6, 6.07) is 41.0. The molecule has 270 valence electrons. The molecule has 2 atom stereocenters. The van der Waals surface area contributed by atoms with E-state index in [2.05, 4.69) is 167 Å². The molecule has 0 bridgehead atoms. The second-order valence-corrected chi connectivity index (χ2v) is 15.5. The molecule has 2 aliphatic heterocycles. The van der Waals surface area contributed by atoms with Gasteiger partial charge in [-0.1, -0.05) is 98.0 Å². The standard InChI is InChI=1S/C52H42N4/c1-2-48-55-46-17-3-4-18-47(46)56(48)41-21-19-34(20-22-41)44-31-45(38-13-5-12-37(29-38)40-25-28-54-32-40)51-42-15-7-9-35-10-8-16-43(49(35)42)52(51)50(44)39-14-6-11-36(30-39)33-23-26-53-27-24-33/h3-6,8-14,16-27,29,31-32,39,48,55H,2,7,15,28,30H2,1H3. The van der Waals surface area contributed by atoms with Crippen LogP contribution in [0.2, 0.25) is 0 Å². The maximum atomic E-state index is 4.53. The topological polar surface area (TPSA) is 40.5 Å². The summed E-state index contributed by atoms with van der Waals surface area (Å²) < 4.78 is 0. The number of pyridine rings is 1. The van der Waals surface area contributed by atoms with Gasteiger partial charge >= 0.3 is 0 Å². The Morgan fingerprint density at radius 2 is 1.61 bits per heavy atom. The van der Waals surface area contributed by atoms with Gasteiger partial charge in [-0.15, -0.1) is 0 Å². The number of aromatic nitrogens is 1. The van der Waals surface area contributed by atoms with Crippen molar-refractivity contribution in [1.82, 2.24) is 4.98 Å². The lowest BCUT2D eigenvalue weighted by molar-refractivity contribution is 0.728. The maximum absolute atomic E-state index is 4.53. The van der Waals surface area contributed by atoms with Gasteiger partial charge in [-0.2, -0.15) is 0 Å². The molecule has 0 saturated carbocycles. The van der Waals surface area contributed by atoms with E-state index in [4.69, 9.17) is 0 Å². The van der Waals surface area contributed by atoms with E-state index in [0.29, 0.717) is 0 Å². The van der Waals surface area contributed by atoms with Crippen LogP contribution in [0.4, 0.5) is 17.1 Å².